The molecule has 0 aliphatic rings. The van der Waals surface area contributed by atoms with Crippen molar-refractivity contribution in [3.05, 3.63) is 45.8 Å². The Balaban J connectivity index is 2.66. The highest BCUT2D eigenvalue weighted by molar-refractivity contribution is 5.22. The van der Waals surface area contributed by atoms with Crippen molar-refractivity contribution < 1.29 is 15.3 Å². The molecule has 0 aliphatic carbocycles. The molecule has 0 heterocycles. The minimum absolute atomic E-state index is 0.235. The van der Waals surface area contributed by atoms with Crippen LogP contribution in [0, 0.1) is 6.92 Å². The lowest BCUT2D eigenvalue weighted by molar-refractivity contribution is -0.00635. The third-order valence-electron chi connectivity index (χ3n) is 2.74. The average molecular weight is 251 g/mol. The van der Waals surface area contributed by atoms with E-state index in [9.17, 15) is 10.2 Å². The van der Waals surface area contributed by atoms with Gasteiger partial charge in [-0.25, -0.2) is 0 Å². The predicted molar refractivity (Wildman–Crippen MR) is 66.9 cm³/mol. The Kier molecular flexibility index (Phi) is 5.61. The summed E-state index contributed by atoms with van der Waals surface area (Å²) < 4.78 is 0. The van der Waals surface area contributed by atoms with E-state index in [-0.39, 0.29) is 6.42 Å². The van der Waals surface area contributed by atoms with Crippen LogP contribution >= 0.6 is 0 Å². The summed E-state index contributed by atoms with van der Waals surface area (Å²) >= 11 is 0. The molecule has 0 saturated heterocycles. The van der Waals surface area contributed by atoms with Crippen molar-refractivity contribution in [3.8, 4) is 0 Å². The second-order valence-corrected chi connectivity index (χ2v) is 4.20. The number of nitrogens with zero attached hydrogens (tertiary/aromatic N) is 3. The maximum atomic E-state index is 9.82. The average Bonchev–Trinajstić information content (AvgIpc) is 2.37. The highest BCUT2D eigenvalue weighted by atomic mass is 16.3. The van der Waals surface area contributed by atoms with Crippen molar-refractivity contribution in [2.45, 2.75) is 31.6 Å². The molecule has 0 aliphatic heterocycles. The monoisotopic (exact) mass is 251 g/mol. The zero-order chi connectivity index (χ0) is 13.5. The highest BCUT2D eigenvalue weighted by Crippen LogP contribution is 2.11. The van der Waals surface area contributed by atoms with E-state index in [0.29, 0.717) is 0 Å². The smallest absolute Gasteiger partial charge is 0.0909 e. The van der Waals surface area contributed by atoms with Gasteiger partial charge < -0.3 is 15.3 Å². The molecule has 0 radical (unpaired) electrons. The first-order valence-electron chi connectivity index (χ1n) is 5.65. The van der Waals surface area contributed by atoms with Crippen LogP contribution in [0.1, 0.15) is 11.1 Å². The quantitative estimate of drug-likeness (QED) is 0.397. The first kappa shape index (κ1) is 14.5. The molecule has 3 N–H and O–H groups in total. The standard InChI is InChI=1S/C12H17N3O3/c1-8-2-4-9(5-3-8)6-11(17)12(18)10(7-16)14-15-13/h2-5,10-12,16-18H,6-7H2,1H3/t10?,11-,12+/m1/s1. The van der Waals surface area contributed by atoms with Crippen LogP contribution < -0.4 is 0 Å². The van der Waals surface area contributed by atoms with Gasteiger partial charge in [-0.3, -0.25) is 0 Å². The van der Waals surface area contributed by atoms with Crippen LogP contribution in [0.15, 0.2) is 29.4 Å². The molecule has 6 heteroatoms. The second kappa shape index (κ2) is 6.98. The molecular weight excluding hydrogens is 234 g/mol. The second-order valence-electron chi connectivity index (χ2n) is 4.20. The molecule has 0 fully saturated rings. The van der Waals surface area contributed by atoms with Gasteiger partial charge in [-0.15, -0.1) is 0 Å². The van der Waals surface area contributed by atoms with Gasteiger partial charge in [-0.05, 0) is 18.0 Å². The van der Waals surface area contributed by atoms with Gasteiger partial charge >= 0.3 is 0 Å². The zero-order valence-electron chi connectivity index (χ0n) is 10.1. The van der Waals surface area contributed by atoms with Crippen molar-refractivity contribution in [1.82, 2.24) is 0 Å². The topological polar surface area (TPSA) is 109 Å². The summed E-state index contributed by atoms with van der Waals surface area (Å²) in [5, 5.41) is 31.8. The van der Waals surface area contributed by atoms with Crippen LogP contribution in [0.5, 0.6) is 0 Å². The van der Waals surface area contributed by atoms with E-state index in [2.05, 4.69) is 10.0 Å². The molecule has 0 aromatic heterocycles. The molecule has 18 heavy (non-hydrogen) atoms. The third-order valence-corrected chi connectivity index (χ3v) is 2.74. The lowest BCUT2D eigenvalue weighted by Gasteiger charge is -2.22. The summed E-state index contributed by atoms with van der Waals surface area (Å²) in [5.74, 6) is 0. The normalized spacial score (nSPS) is 15.6. The number of azide groups is 1. The molecule has 3 atom stereocenters. The number of rotatable bonds is 6. The summed E-state index contributed by atoms with van der Waals surface area (Å²) in [7, 11) is 0. The maximum absolute atomic E-state index is 9.82. The van der Waals surface area contributed by atoms with Crippen molar-refractivity contribution in [2.75, 3.05) is 6.61 Å². The van der Waals surface area contributed by atoms with Crippen LogP contribution in [0.2, 0.25) is 0 Å². The Bertz CT molecular complexity index is 415. The first-order valence-corrected chi connectivity index (χ1v) is 5.65. The fraction of sp³-hybridized carbons (Fsp3) is 0.500. The molecule has 1 aromatic carbocycles. The number of hydrogen-bond donors (Lipinski definition) is 3. The first-order chi connectivity index (χ1) is 8.58. The number of aliphatic hydroxyl groups excluding tert-OH is 3. The van der Waals surface area contributed by atoms with Crippen molar-refractivity contribution in [2.24, 2.45) is 5.11 Å². The fourth-order valence-electron chi connectivity index (χ4n) is 1.62. The summed E-state index contributed by atoms with van der Waals surface area (Å²) in [6.45, 7) is 1.45. The maximum Gasteiger partial charge on any atom is 0.0909 e. The molecule has 0 bridgehead atoms. The molecule has 0 spiro atoms. The molecule has 0 amide bonds. The Morgan fingerprint density at radius 3 is 2.39 bits per heavy atom. The predicted octanol–water partition coefficient (Wildman–Crippen LogP) is 0.931. The van der Waals surface area contributed by atoms with Crippen molar-refractivity contribution >= 4 is 0 Å². The molecule has 1 unspecified atom stereocenters. The number of benzene rings is 1. The third kappa shape index (κ3) is 4.01. The van der Waals surface area contributed by atoms with E-state index in [1.165, 1.54) is 0 Å². The minimum Gasteiger partial charge on any atom is -0.396 e. The van der Waals surface area contributed by atoms with E-state index < -0.39 is 24.9 Å². The Hall–Kier alpha value is -1.59. The van der Waals surface area contributed by atoms with Gasteiger partial charge in [0.25, 0.3) is 0 Å². The largest absolute Gasteiger partial charge is 0.396 e. The zero-order valence-corrected chi connectivity index (χ0v) is 10.1. The van der Waals surface area contributed by atoms with Gasteiger partial charge in [0.1, 0.15) is 0 Å². The van der Waals surface area contributed by atoms with Crippen LogP contribution in [-0.4, -0.2) is 40.2 Å². The Labute approximate surface area is 105 Å². The van der Waals surface area contributed by atoms with Gasteiger partial charge in [0.2, 0.25) is 0 Å². The molecule has 6 nitrogen and oxygen atoms in total. The summed E-state index contributed by atoms with van der Waals surface area (Å²) in [6, 6.07) is 6.49. The van der Waals surface area contributed by atoms with Crippen LogP contribution in [0.3, 0.4) is 0 Å². The molecule has 0 saturated carbocycles. The number of hydrogen-bond acceptors (Lipinski definition) is 4. The van der Waals surface area contributed by atoms with Crippen LogP contribution in [0.4, 0.5) is 0 Å². The molecule has 1 rings (SSSR count). The molecule has 98 valence electrons. The van der Waals surface area contributed by atoms with Crippen molar-refractivity contribution in [3.63, 3.8) is 0 Å². The summed E-state index contributed by atoms with van der Waals surface area (Å²) in [4.78, 5) is 2.52. The summed E-state index contributed by atoms with van der Waals surface area (Å²) in [6.07, 6.45) is -2.14. The lowest BCUT2D eigenvalue weighted by atomic mass is 9.99. The van der Waals surface area contributed by atoms with Gasteiger partial charge in [0.05, 0.1) is 24.9 Å². The highest BCUT2D eigenvalue weighted by Gasteiger charge is 2.25. The van der Waals surface area contributed by atoms with Gasteiger partial charge in [-0.2, -0.15) is 0 Å². The summed E-state index contributed by atoms with van der Waals surface area (Å²) in [5.41, 5.74) is 10.2. The lowest BCUT2D eigenvalue weighted by Crippen LogP contribution is -2.39. The SMILES string of the molecule is Cc1ccc(C[C@@H](O)[C@@H](O)C(CO)N=[N+]=[N-])cc1. The van der Waals surface area contributed by atoms with E-state index in [4.69, 9.17) is 10.6 Å². The minimum atomic E-state index is -1.28. The van der Waals surface area contributed by atoms with E-state index in [0.717, 1.165) is 11.1 Å². The fourth-order valence-corrected chi connectivity index (χ4v) is 1.62. The van der Waals surface area contributed by atoms with Gasteiger partial charge in [0.15, 0.2) is 0 Å². The van der Waals surface area contributed by atoms with Gasteiger partial charge in [-0.1, -0.05) is 34.9 Å². The van der Waals surface area contributed by atoms with Gasteiger partial charge in [0, 0.05) is 11.3 Å². The molecule has 1 aromatic rings. The van der Waals surface area contributed by atoms with Crippen molar-refractivity contribution in [1.29, 1.82) is 0 Å². The van der Waals surface area contributed by atoms with E-state index >= 15 is 0 Å². The van der Waals surface area contributed by atoms with E-state index in [1.54, 1.807) is 0 Å². The van der Waals surface area contributed by atoms with Crippen LogP contribution in [0.25, 0.3) is 10.4 Å². The molecular formula is C12H17N3O3. The van der Waals surface area contributed by atoms with E-state index in [1.807, 2.05) is 31.2 Å². The number of aryl methyl sites for hydroxylation is 1. The Morgan fingerprint density at radius 2 is 1.89 bits per heavy atom. The Morgan fingerprint density at radius 1 is 1.28 bits per heavy atom. The number of aliphatic hydroxyl groups is 3. The van der Waals surface area contributed by atoms with Crippen LogP contribution in [-0.2, 0) is 6.42 Å².